The van der Waals surface area contributed by atoms with E-state index in [0.29, 0.717) is 37.5 Å². The molecule has 2 saturated heterocycles. The minimum absolute atomic E-state index is 0.0491. The fourth-order valence-corrected chi connectivity index (χ4v) is 6.93. The maximum atomic E-state index is 14.3. The van der Waals surface area contributed by atoms with Crippen LogP contribution in [0.5, 0.6) is 11.6 Å². The quantitative estimate of drug-likeness (QED) is 0.251. The third kappa shape index (κ3) is 10.3. The summed E-state index contributed by atoms with van der Waals surface area (Å²) in [6, 6.07) is 4.42. The summed E-state index contributed by atoms with van der Waals surface area (Å²) in [6.45, 7) is 16.2. The topological polar surface area (TPSA) is 145 Å². The number of hydrogen-bond donors (Lipinski definition) is 2. The molecule has 14 heteroatoms. The molecule has 3 heterocycles. The van der Waals surface area contributed by atoms with Crippen molar-refractivity contribution >= 4 is 18.2 Å². The van der Waals surface area contributed by atoms with Crippen molar-refractivity contribution in [2.75, 3.05) is 71.5 Å². The van der Waals surface area contributed by atoms with Crippen LogP contribution in [0.3, 0.4) is 0 Å². The van der Waals surface area contributed by atoms with Gasteiger partial charge in [-0.05, 0) is 77.7 Å². The average Bonchev–Trinajstić information content (AvgIpc) is 3.46. The van der Waals surface area contributed by atoms with Crippen LogP contribution in [0, 0.1) is 17.2 Å². The summed E-state index contributed by atoms with van der Waals surface area (Å²) in [4.78, 5) is 34.9. The number of carbonyl (C=O) groups is 2. The molecule has 4 rings (SSSR count). The number of carboxylic acid groups (broad SMARTS) is 1. The largest absolute Gasteiger partial charge is 0.483 e. The van der Waals surface area contributed by atoms with Gasteiger partial charge in [0.2, 0.25) is 0 Å². The number of hydrogen-bond acceptors (Lipinski definition) is 11. The van der Waals surface area contributed by atoms with Crippen LogP contribution in [-0.2, 0) is 9.53 Å². The van der Waals surface area contributed by atoms with E-state index in [-0.39, 0.29) is 41.0 Å². The van der Waals surface area contributed by atoms with Gasteiger partial charge in [-0.1, -0.05) is 13.8 Å². The number of carbonyl (C=O) groups excluding carboxylic acids is 1. The molecule has 13 nitrogen and oxygen atoms in total. The third-order valence-corrected chi connectivity index (χ3v) is 9.15. The zero-order valence-electron chi connectivity index (χ0n) is 29.5. The molecule has 2 N–H and O–H groups in total. The van der Waals surface area contributed by atoms with Crippen molar-refractivity contribution in [3.63, 3.8) is 0 Å². The number of ether oxygens (including phenoxy) is 2. The Balaban J connectivity index is 0.00000201. The summed E-state index contributed by atoms with van der Waals surface area (Å²) in [5.41, 5.74) is 0.318. The molecule has 2 aliphatic heterocycles. The van der Waals surface area contributed by atoms with Crippen LogP contribution in [0.4, 0.5) is 10.2 Å². The molecular formula is C34H54FN7O6. The summed E-state index contributed by atoms with van der Waals surface area (Å²) in [5, 5.41) is 25.1. The number of aliphatic hydroxyl groups excluding tert-OH is 1. The molecule has 0 saturated carbocycles. The Morgan fingerprint density at radius 3 is 2.54 bits per heavy atom. The number of likely N-dealkylation sites (N-methyl/N-ethyl adjacent to an activating group) is 1. The van der Waals surface area contributed by atoms with Gasteiger partial charge >= 0.3 is 0 Å². The number of nitrogens with zero attached hydrogens (tertiary/aromatic N) is 7. The average molecular weight is 676 g/mol. The highest BCUT2D eigenvalue weighted by Crippen LogP contribution is 2.44. The van der Waals surface area contributed by atoms with E-state index in [2.05, 4.69) is 50.8 Å². The zero-order chi connectivity index (χ0) is 35.4. The molecule has 1 aromatic carbocycles. The van der Waals surface area contributed by atoms with Gasteiger partial charge in [-0.25, -0.2) is 9.37 Å². The van der Waals surface area contributed by atoms with Gasteiger partial charge in [-0.2, -0.15) is 0 Å². The first-order chi connectivity index (χ1) is 22.9. The highest BCUT2D eigenvalue weighted by Gasteiger charge is 2.50. The van der Waals surface area contributed by atoms with Crippen molar-refractivity contribution in [2.24, 2.45) is 11.3 Å². The molecule has 48 heavy (non-hydrogen) atoms. The van der Waals surface area contributed by atoms with Crippen molar-refractivity contribution < 1.29 is 33.7 Å². The first-order valence-corrected chi connectivity index (χ1v) is 16.8. The van der Waals surface area contributed by atoms with Crippen LogP contribution in [0.25, 0.3) is 0 Å². The number of anilines is 1. The maximum Gasteiger partial charge on any atom is 0.290 e. The highest BCUT2D eigenvalue weighted by molar-refractivity contribution is 5.97. The van der Waals surface area contributed by atoms with E-state index in [1.165, 1.54) is 24.5 Å². The summed E-state index contributed by atoms with van der Waals surface area (Å²) in [7, 11) is 3.66. The lowest BCUT2D eigenvalue weighted by atomic mass is 9.76. The number of benzene rings is 1. The Morgan fingerprint density at radius 2 is 1.92 bits per heavy atom. The molecule has 1 spiro atoms. The predicted molar refractivity (Wildman–Crippen MR) is 181 cm³/mol. The van der Waals surface area contributed by atoms with Crippen LogP contribution in [0.2, 0.25) is 0 Å². The molecule has 2 aliphatic rings. The van der Waals surface area contributed by atoms with Crippen LogP contribution in [0.1, 0.15) is 64.2 Å². The number of amides is 1. The fraction of sp³-hybridized carbons (Fsp3) is 0.676. The normalized spacial score (nSPS) is 16.9. The molecule has 0 radical (unpaired) electrons. The number of rotatable bonds is 16. The van der Waals surface area contributed by atoms with Crippen molar-refractivity contribution in [1.29, 1.82) is 0 Å². The van der Waals surface area contributed by atoms with Crippen molar-refractivity contribution in [3.05, 3.63) is 35.9 Å². The van der Waals surface area contributed by atoms with E-state index in [4.69, 9.17) is 19.4 Å². The molecule has 2 unspecified atom stereocenters. The van der Waals surface area contributed by atoms with Gasteiger partial charge in [-0.15, -0.1) is 10.2 Å². The van der Waals surface area contributed by atoms with Gasteiger partial charge in [-0.3, -0.25) is 14.5 Å². The third-order valence-electron chi connectivity index (χ3n) is 9.15. The monoisotopic (exact) mass is 675 g/mol. The lowest BCUT2D eigenvalue weighted by Gasteiger charge is -2.53. The second kappa shape index (κ2) is 18.3. The van der Waals surface area contributed by atoms with Crippen molar-refractivity contribution in [1.82, 2.24) is 29.9 Å². The van der Waals surface area contributed by atoms with Crippen molar-refractivity contribution in [3.8, 4) is 11.6 Å². The minimum Gasteiger partial charge on any atom is -0.483 e. The number of halogens is 1. The summed E-state index contributed by atoms with van der Waals surface area (Å²) < 4.78 is 25.5. The predicted octanol–water partition coefficient (Wildman–Crippen LogP) is 3.63. The molecule has 0 bridgehead atoms. The summed E-state index contributed by atoms with van der Waals surface area (Å²) >= 11 is 0. The molecule has 268 valence electrons. The molecule has 2 fully saturated rings. The Morgan fingerprint density at radius 1 is 1.21 bits per heavy atom. The molecule has 0 aliphatic carbocycles. The summed E-state index contributed by atoms with van der Waals surface area (Å²) in [6.07, 6.45) is 4.17. The molecule has 2 aromatic rings. The smallest absolute Gasteiger partial charge is 0.290 e. The standard InChI is InChI=1S/C33H52FN7O4.CH2O2/c1-8-41(24(4)5)32(43)27-16-25(34)11-12-29(27)45-31-30(35-22-36-37-31)39-15-13-33(19-39)20-40(21-33)28(23(2)3)10-9-14-38(6)17-26(42)18-44-7;2-1-3/h11-12,16,22-24,26,28,42H,8-10,13-15,17-21H2,1-7H3;1H,(H,2,3). The Labute approximate surface area is 284 Å². The molecular weight excluding hydrogens is 621 g/mol. The Bertz CT molecular complexity index is 1310. The molecule has 1 aromatic heterocycles. The molecule has 1 amide bonds. The lowest BCUT2D eigenvalue weighted by molar-refractivity contribution is -0.122. The Kier molecular flexibility index (Phi) is 14.9. The van der Waals surface area contributed by atoms with Gasteiger partial charge in [0.15, 0.2) is 5.82 Å². The van der Waals surface area contributed by atoms with E-state index in [9.17, 15) is 14.3 Å². The Hall–Kier alpha value is -3.46. The second-order valence-electron chi connectivity index (χ2n) is 13.5. The van der Waals surface area contributed by atoms with E-state index >= 15 is 0 Å². The number of methoxy groups -OCH3 is 1. The van der Waals surface area contributed by atoms with Gasteiger partial charge in [0, 0.05) is 63.9 Å². The zero-order valence-corrected chi connectivity index (χ0v) is 29.5. The summed E-state index contributed by atoms with van der Waals surface area (Å²) in [5.74, 6) is 0.752. The van der Waals surface area contributed by atoms with Crippen LogP contribution in [-0.4, -0.2) is 137 Å². The van der Waals surface area contributed by atoms with Gasteiger partial charge in [0.05, 0.1) is 18.3 Å². The van der Waals surface area contributed by atoms with E-state index in [1.807, 2.05) is 20.8 Å². The second-order valence-corrected chi connectivity index (χ2v) is 13.5. The SMILES string of the molecule is CCN(C(=O)c1cc(F)ccc1Oc1nncnc1N1CCC2(C1)CN(C(CCCN(C)CC(O)COC)C(C)C)C2)C(C)C.O=CO. The number of aliphatic hydroxyl groups is 1. The first kappa shape index (κ1) is 39.0. The first-order valence-electron chi connectivity index (χ1n) is 16.8. The number of aromatic nitrogens is 3. The van der Waals surface area contributed by atoms with Gasteiger partial charge in [0.1, 0.15) is 17.9 Å². The molecule has 2 atom stereocenters. The van der Waals surface area contributed by atoms with Crippen LogP contribution < -0.4 is 9.64 Å². The number of likely N-dealkylation sites (tertiary alicyclic amines) is 1. The van der Waals surface area contributed by atoms with Gasteiger partial charge < -0.3 is 34.4 Å². The lowest BCUT2D eigenvalue weighted by Crippen LogP contribution is -2.62. The minimum atomic E-state index is -0.508. The van der Waals surface area contributed by atoms with Gasteiger partial charge in [0.25, 0.3) is 18.3 Å². The van der Waals surface area contributed by atoms with Crippen molar-refractivity contribution in [2.45, 2.75) is 72.1 Å². The van der Waals surface area contributed by atoms with Crippen LogP contribution in [0.15, 0.2) is 24.5 Å². The van der Waals surface area contributed by atoms with E-state index in [0.717, 1.165) is 52.0 Å². The highest BCUT2D eigenvalue weighted by atomic mass is 19.1. The van der Waals surface area contributed by atoms with Crippen LogP contribution >= 0.6 is 0 Å². The fourth-order valence-electron chi connectivity index (χ4n) is 6.93. The van der Waals surface area contributed by atoms with E-state index < -0.39 is 11.9 Å². The maximum absolute atomic E-state index is 14.3. The van der Waals surface area contributed by atoms with E-state index in [1.54, 1.807) is 12.0 Å².